The van der Waals surface area contributed by atoms with Gasteiger partial charge in [-0.05, 0) is 38.5 Å². The number of aliphatic hydroxyl groups is 1. The number of aliphatic hydroxyl groups excluding tert-OH is 1. The third-order valence-electron chi connectivity index (χ3n) is 7.75. The first-order valence-corrected chi connectivity index (χ1v) is 19.9. The summed E-state index contributed by atoms with van der Waals surface area (Å²) in [6, 6.07) is 0. The molecule has 0 heterocycles. The summed E-state index contributed by atoms with van der Waals surface area (Å²) in [5.74, 6) is -0.937. The van der Waals surface area contributed by atoms with Crippen molar-refractivity contribution in [3.05, 3.63) is 36.5 Å². The average molecular weight is 687 g/mol. The minimum absolute atomic E-state index is 0.166. The van der Waals surface area contributed by atoms with E-state index in [1.165, 1.54) is 64.2 Å². The number of carbonyl (C=O) groups excluding carboxylic acids is 2. The summed E-state index contributed by atoms with van der Waals surface area (Å²) in [6.45, 7) is 3.44. The molecule has 47 heavy (non-hydrogen) atoms. The van der Waals surface area contributed by atoms with Crippen molar-refractivity contribution in [2.24, 2.45) is 0 Å². The Labute approximate surface area is 285 Å². The molecule has 3 N–H and O–H groups in total. The maximum atomic E-state index is 12.3. The van der Waals surface area contributed by atoms with Crippen LogP contribution in [0.5, 0.6) is 0 Å². The van der Waals surface area contributed by atoms with Crippen molar-refractivity contribution < 1.29 is 43.0 Å². The number of esters is 2. The maximum absolute atomic E-state index is 12.3. The van der Waals surface area contributed by atoms with E-state index in [2.05, 4.69) is 24.4 Å². The highest BCUT2D eigenvalue weighted by molar-refractivity contribution is 7.46. The van der Waals surface area contributed by atoms with Crippen molar-refractivity contribution in [1.82, 2.24) is 0 Å². The fourth-order valence-electron chi connectivity index (χ4n) is 5.00. The van der Waals surface area contributed by atoms with Crippen LogP contribution in [0, 0.1) is 0 Å². The Kier molecular flexibility index (Phi) is 31.5. The quantitative estimate of drug-likeness (QED) is 0.0202. The molecule has 0 spiro atoms. The number of unbranched alkanes of at least 4 members (excludes halogenated alkanes) is 17. The van der Waals surface area contributed by atoms with Crippen LogP contribution in [0.25, 0.3) is 0 Å². The predicted octanol–water partition coefficient (Wildman–Crippen LogP) is 9.59. The Balaban J connectivity index is 4.05. The van der Waals surface area contributed by atoms with Gasteiger partial charge in [-0.15, -0.1) is 0 Å². The van der Waals surface area contributed by atoms with Crippen LogP contribution in [0.4, 0.5) is 0 Å². The smallest absolute Gasteiger partial charge is 0.462 e. The standard InChI is InChI=1S/C37H67O9P/c1-3-5-7-8-9-10-11-12-13-16-19-22-26-30-36(39)44-32-35(33-45-47(41,42)43)46-37(40)31-27-23-20-17-14-15-18-21-25-29-34(38)28-24-6-4-2/h6,18,21,24-25,29,34-35,38H,3-5,7-17,19-20,22-23,26-28,30-33H2,1-2H3,(H2,41,42,43)/b21-18+,24-6+,29-25+/t34?,35-/m1/s1. The third kappa shape index (κ3) is 35.4. The van der Waals surface area contributed by atoms with Gasteiger partial charge in [-0.3, -0.25) is 14.1 Å². The summed E-state index contributed by atoms with van der Waals surface area (Å²) in [7, 11) is -4.76. The second-order valence-electron chi connectivity index (χ2n) is 12.4. The summed E-state index contributed by atoms with van der Waals surface area (Å²) in [6.07, 6.45) is 33.4. The normalized spacial score (nSPS) is 13.6. The highest BCUT2D eigenvalue weighted by Crippen LogP contribution is 2.36. The molecule has 0 aliphatic rings. The molecule has 0 fully saturated rings. The maximum Gasteiger partial charge on any atom is 0.469 e. The monoisotopic (exact) mass is 686 g/mol. The van der Waals surface area contributed by atoms with E-state index in [4.69, 9.17) is 19.3 Å². The first-order valence-electron chi connectivity index (χ1n) is 18.4. The summed E-state index contributed by atoms with van der Waals surface area (Å²) in [5, 5.41) is 9.82. The number of ether oxygens (including phenoxy) is 2. The van der Waals surface area contributed by atoms with Crippen LogP contribution in [0.1, 0.15) is 162 Å². The second kappa shape index (κ2) is 32.8. The Morgan fingerprint density at radius 1 is 0.660 bits per heavy atom. The second-order valence-corrected chi connectivity index (χ2v) is 13.6. The molecule has 0 amide bonds. The van der Waals surface area contributed by atoms with E-state index in [0.717, 1.165) is 51.4 Å². The molecule has 0 radical (unpaired) electrons. The number of phosphoric acid groups is 1. The van der Waals surface area contributed by atoms with Gasteiger partial charge in [0.15, 0.2) is 6.10 Å². The largest absolute Gasteiger partial charge is 0.469 e. The summed E-state index contributed by atoms with van der Waals surface area (Å²) >= 11 is 0. The third-order valence-corrected chi connectivity index (χ3v) is 8.24. The fraction of sp³-hybridized carbons (Fsp3) is 0.784. The first kappa shape index (κ1) is 45.2. The van der Waals surface area contributed by atoms with Gasteiger partial charge in [0.2, 0.25) is 0 Å². The van der Waals surface area contributed by atoms with Crippen LogP contribution >= 0.6 is 7.82 Å². The highest BCUT2D eigenvalue weighted by Gasteiger charge is 2.22. The van der Waals surface area contributed by atoms with Crippen LogP contribution in [-0.2, 0) is 28.2 Å². The summed E-state index contributed by atoms with van der Waals surface area (Å²) < 4.78 is 26.2. The van der Waals surface area contributed by atoms with Gasteiger partial charge in [0.1, 0.15) is 6.61 Å². The topological polar surface area (TPSA) is 140 Å². The van der Waals surface area contributed by atoms with Gasteiger partial charge in [-0.2, -0.15) is 0 Å². The van der Waals surface area contributed by atoms with Gasteiger partial charge in [0, 0.05) is 12.8 Å². The van der Waals surface area contributed by atoms with Gasteiger partial charge in [-0.25, -0.2) is 4.57 Å². The Bertz CT molecular complexity index is 881. The molecule has 274 valence electrons. The molecule has 0 bridgehead atoms. The van der Waals surface area contributed by atoms with Crippen molar-refractivity contribution in [3.8, 4) is 0 Å². The fourth-order valence-corrected chi connectivity index (χ4v) is 5.36. The van der Waals surface area contributed by atoms with Crippen LogP contribution in [0.3, 0.4) is 0 Å². The van der Waals surface area contributed by atoms with E-state index >= 15 is 0 Å². The molecule has 1 unspecified atom stereocenters. The lowest BCUT2D eigenvalue weighted by molar-refractivity contribution is -0.161. The lowest BCUT2D eigenvalue weighted by atomic mass is 10.0. The molecule has 2 atom stereocenters. The molecule has 0 aromatic heterocycles. The molecule has 0 aliphatic heterocycles. The van der Waals surface area contributed by atoms with E-state index < -0.39 is 38.6 Å². The molecule has 0 aromatic carbocycles. The Morgan fingerprint density at radius 3 is 1.74 bits per heavy atom. The van der Waals surface area contributed by atoms with Gasteiger partial charge in [-0.1, -0.05) is 147 Å². The zero-order chi connectivity index (χ0) is 34.9. The molecule has 0 rings (SSSR count). The molecule has 10 heteroatoms. The Hall–Kier alpha value is -1.77. The van der Waals surface area contributed by atoms with E-state index in [1.807, 2.05) is 24.3 Å². The van der Waals surface area contributed by atoms with Crippen molar-refractivity contribution in [2.45, 2.75) is 174 Å². The Morgan fingerprint density at radius 2 is 1.19 bits per heavy atom. The molecule has 0 saturated carbocycles. The van der Waals surface area contributed by atoms with Crippen molar-refractivity contribution in [3.63, 3.8) is 0 Å². The van der Waals surface area contributed by atoms with Crippen LogP contribution < -0.4 is 0 Å². The molecular weight excluding hydrogens is 619 g/mol. The van der Waals surface area contributed by atoms with E-state index in [0.29, 0.717) is 19.3 Å². The highest BCUT2D eigenvalue weighted by atomic mass is 31.2. The van der Waals surface area contributed by atoms with Gasteiger partial charge >= 0.3 is 19.8 Å². The molecular formula is C37H67O9P. The number of phosphoric ester groups is 1. The summed E-state index contributed by atoms with van der Waals surface area (Å²) in [5.41, 5.74) is 0. The number of carbonyl (C=O) groups is 2. The zero-order valence-electron chi connectivity index (χ0n) is 29.5. The van der Waals surface area contributed by atoms with Gasteiger partial charge in [0.05, 0.1) is 12.7 Å². The van der Waals surface area contributed by atoms with Gasteiger partial charge < -0.3 is 24.4 Å². The minimum atomic E-state index is -4.76. The van der Waals surface area contributed by atoms with Crippen LogP contribution in [-0.4, -0.2) is 52.3 Å². The van der Waals surface area contributed by atoms with Crippen molar-refractivity contribution in [2.75, 3.05) is 13.2 Å². The zero-order valence-corrected chi connectivity index (χ0v) is 30.4. The number of hydrogen-bond acceptors (Lipinski definition) is 7. The minimum Gasteiger partial charge on any atom is -0.462 e. The van der Waals surface area contributed by atoms with Crippen molar-refractivity contribution in [1.29, 1.82) is 0 Å². The number of rotatable bonds is 33. The lowest BCUT2D eigenvalue weighted by Crippen LogP contribution is -2.29. The lowest BCUT2D eigenvalue weighted by Gasteiger charge is -2.18. The molecule has 0 saturated heterocycles. The van der Waals surface area contributed by atoms with E-state index in [1.54, 1.807) is 6.08 Å². The van der Waals surface area contributed by atoms with Crippen LogP contribution in [0.15, 0.2) is 36.5 Å². The first-order chi connectivity index (χ1) is 22.7. The SMILES string of the molecule is CC/C=C/CC(O)/C=C/C=C/CCCCCCCC(=O)O[C@H](COC(=O)CCCCCCCCCCCCCCC)COP(=O)(O)O. The predicted molar refractivity (Wildman–Crippen MR) is 190 cm³/mol. The van der Waals surface area contributed by atoms with Gasteiger partial charge in [0.25, 0.3) is 0 Å². The molecule has 0 aromatic rings. The van der Waals surface area contributed by atoms with Crippen LogP contribution in [0.2, 0.25) is 0 Å². The number of hydrogen-bond donors (Lipinski definition) is 3. The van der Waals surface area contributed by atoms with E-state index in [9.17, 15) is 19.3 Å². The number of allylic oxidation sites excluding steroid dienone is 4. The molecule has 9 nitrogen and oxygen atoms in total. The van der Waals surface area contributed by atoms with Crippen molar-refractivity contribution >= 4 is 19.8 Å². The summed E-state index contributed by atoms with van der Waals surface area (Å²) in [4.78, 5) is 42.6. The molecule has 0 aliphatic carbocycles. The average Bonchev–Trinajstić information content (AvgIpc) is 3.03. The van der Waals surface area contributed by atoms with E-state index in [-0.39, 0.29) is 19.4 Å².